The van der Waals surface area contributed by atoms with Gasteiger partial charge in [0.15, 0.2) is 5.96 Å². The van der Waals surface area contributed by atoms with E-state index in [2.05, 4.69) is 29.4 Å². The van der Waals surface area contributed by atoms with Crippen molar-refractivity contribution in [2.75, 3.05) is 46.9 Å². The second-order valence-electron chi connectivity index (χ2n) is 7.22. The van der Waals surface area contributed by atoms with E-state index in [1.165, 1.54) is 32.4 Å². The highest BCUT2D eigenvalue weighted by Gasteiger charge is 2.13. The summed E-state index contributed by atoms with van der Waals surface area (Å²) in [7, 11) is 3.33. The van der Waals surface area contributed by atoms with Crippen molar-refractivity contribution in [3.63, 3.8) is 0 Å². The maximum absolute atomic E-state index is 5.47. The van der Waals surface area contributed by atoms with Crippen molar-refractivity contribution in [1.82, 2.24) is 15.5 Å². The van der Waals surface area contributed by atoms with Gasteiger partial charge in [-0.3, -0.25) is 0 Å². The fourth-order valence-electron chi connectivity index (χ4n) is 3.41. The van der Waals surface area contributed by atoms with E-state index in [1.54, 1.807) is 14.2 Å². The predicted molar refractivity (Wildman–Crippen MR) is 112 cm³/mol. The lowest BCUT2D eigenvalue weighted by Crippen LogP contribution is -2.42. The molecular formula is C21H36N4O2. The number of ether oxygens (including phenoxy) is 2. The minimum atomic E-state index is 0.559. The van der Waals surface area contributed by atoms with Gasteiger partial charge in [-0.25, -0.2) is 4.99 Å². The van der Waals surface area contributed by atoms with Gasteiger partial charge in [0.1, 0.15) is 11.5 Å². The third kappa shape index (κ3) is 7.29. The van der Waals surface area contributed by atoms with Crippen LogP contribution in [0, 0.1) is 5.92 Å². The smallest absolute Gasteiger partial charge is 0.191 e. The maximum atomic E-state index is 5.47. The van der Waals surface area contributed by atoms with Gasteiger partial charge in [0.25, 0.3) is 0 Å². The third-order valence-electron chi connectivity index (χ3n) is 4.88. The Hall–Kier alpha value is -1.95. The van der Waals surface area contributed by atoms with Crippen LogP contribution in [-0.2, 0) is 6.54 Å². The summed E-state index contributed by atoms with van der Waals surface area (Å²) in [5, 5.41) is 6.82. The largest absolute Gasteiger partial charge is 0.497 e. The fourth-order valence-corrected chi connectivity index (χ4v) is 3.41. The predicted octanol–water partition coefficient (Wildman–Crippen LogP) is 2.88. The zero-order chi connectivity index (χ0) is 19.5. The molecule has 1 fully saturated rings. The Balaban J connectivity index is 1.89. The highest BCUT2D eigenvalue weighted by Crippen LogP contribution is 2.25. The van der Waals surface area contributed by atoms with Crippen LogP contribution in [-0.4, -0.2) is 57.8 Å². The molecule has 2 N–H and O–H groups in total. The van der Waals surface area contributed by atoms with Crippen LogP contribution in [0.1, 0.15) is 38.7 Å². The van der Waals surface area contributed by atoms with Gasteiger partial charge in [0.2, 0.25) is 0 Å². The van der Waals surface area contributed by atoms with E-state index in [9.17, 15) is 0 Å². The number of likely N-dealkylation sites (tertiary alicyclic amines) is 1. The SMILES string of the molecule is CCNC(=NCc1ccc(OC)cc1OC)NCC(C)CN1CCCCC1. The molecule has 2 rings (SSSR count). The average molecular weight is 377 g/mol. The molecule has 1 heterocycles. The molecule has 0 aromatic heterocycles. The molecule has 1 aromatic carbocycles. The van der Waals surface area contributed by atoms with Crippen LogP contribution >= 0.6 is 0 Å². The fraction of sp³-hybridized carbons (Fsp3) is 0.667. The first-order valence-electron chi connectivity index (χ1n) is 10.1. The van der Waals surface area contributed by atoms with Crippen LogP contribution in [0.25, 0.3) is 0 Å². The molecule has 0 bridgehead atoms. The Morgan fingerprint density at radius 1 is 1.15 bits per heavy atom. The van der Waals surface area contributed by atoms with Gasteiger partial charge in [-0.2, -0.15) is 0 Å². The topological polar surface area (TPSA) is 58.1 Å². The molecule has 27 heavy (non-hydrogen) atoms. The number of piperidine rings is 1. The van der Waals surface area contributed by atoms with E-state index in [0.29, 0.717) is 12.5 Å². The highest BCUT2D eigenvalue weighted by molar-refractivity contribution is 5.79. The van der Waals surface area contributed by atoms with Crippen LogP contribution in [0.5, 0.6) is 11.5 Å². The zero-order valence-corrected chi connectivity index (χ0v) is 17.4. The third-order valence-corrected chi connectivity index (χ3v) is 4.88. The van der Waals surface area contributed by atoms with E-state index in [-0.39, 0.29) is 0 Å². The summed E-state index contributed by atoms with van der Waals surface area (Å²) in [6.07, 6.45) is 4.07. The maximum Gasteiger partial charge on any atom is 0.191 e. The highest BCUT2D eigenvalue weighted by atomic mass is 16.5. The van der Waals surface area contributed by atoms with Crippen molar-refractivity contribution in [3.8, 4) is 11.5 Å². The number of methoxy groups -OCH3 is 2. The zero-order valence-electron chi connectivity index (χ0n) is 17.4. The molecular weight excluding hydrogens is 340 g/mol. The number of hydrogen-bond acceptors (Lipinski definition) is 4. The summed E-state index contributed by atoms with van der Waals surface area (Å²) in [6.45, 7) is 10.3. The van der Waals surface area contributed by atoms with Gasteiger partial charge < -0.3 is 25.0 Å². The summed E-state index contributed by atoms with van der Waals surface area (Å²) < 4.78 is 10.7. The van der Waals surface area contributed by atoms with Crippen molar-refractivity contribution in [2.45, 2.75) is 39.7 Å². The standard InChI is InChI=1S/C21H36N4O2/c1-5-22-21(23-14-17(2)16-25-11-7-6-8-12-25)24-15-18-9-10-19(26-3)13-20(18)27-4/h9-10,13,17H,5-8,11-12,14-16H2,1-4H3,(H2,22,23,24). The molecule has 0 radical (unpaired) electrons. The van der Waals surface area contributed by atoms with Gasteiger partial charge in [0, 0.05) is 31.3 Å². The van der Waals surface area contributed by atoms with Crippen molar-refractivity contribution >= 4 is 5.96 Å². The van der Waals surface area contributed by atoms with Crippen LogP contribution in [0.15, 0.2) is 23.2 Å². The Morgan fingerprint density at radius 3 is 2.59 bits per heavy atom. The molecule has 0 aliphatic carbocycles. The van der Waals surface area contributed by atoms with Crippen LogP contribution in [0.4, 0.5) is 0 Å². The first-order chi connectivity index (χ1) is 13.2. The molecule has 0 spiro atoms. The van der Waals surface area contributed by atoms with Gasteiger partial charge in [-0.05, 0) is 50.9 Å². The summed E-state index contributed by atoms with van der Waals surface area (Å²) in [5.74, 6) is 3.02. The lowest BCUT2D eigenvalue weighted by atomic mass is 10.1. The van der Waals surface area contributed by atoms with Crippen molar-refractivity contribution in [2.24, 2.45) is 10.9 Å². The van der Waals surface area contributed by atoms with E-state index in [4.69, 9.17) is 14.5 Å². The second-order valence-corrected chi connectivity index (χ2v) is 7.22. The normalized spacial score (nSPS) is 16.7. The Kier molecular flexibility index (Phi) is 9.25. The number of rotatable bonds is 9. The Labute approximate surface area is 164 Å². The Bertz CT molecular complexity index is 586. The van der Waals surface area contributed by atoms with E-state index in [1.807, 2.05) is 18.2 Å². The molecule has 1 saturated heterocycles. The van der Waals surface area contributed by atoms with E-state index in [0.717, 1.165) is 42.7 Å². The first kappa shape index (κ1) is 21.4. The van der Waals surface area contributed by atoms with Crippen molar-refractivity contribution in [1.29, 1.82) is 0 Å². The molecule has 0 amide bonds. The molecule has 0 saturated carbocycles. The number of aliphatic imine (C=N–C) groups is 1. The van der Waals surface area contributed by atoms with E-state index < -0.39 is 0 Å². The number of benzene rings is 1. The van der Waals surface area contributed by atoms with Crippen molar-refractivity contribution < 1.29 is 9.47 Å². The number of nitrogens with zero attached hydrogens (tertiary/aromatic N) is 2. The molecule has 1 atom stereocenters. The summed E-state index contributed by atoms with van der Waals surface area (Å²) in [6, 6.07) is 5.84. The van der Waals surface area contributed by atoms with Gasteiger partial charge in [0.05, 0.1) is 20.8 Å². The summed E-state index contributed by atoms with van der Waals surface area (Å²) in [4.78, 5) is 7.31. The molecule has 1 aliphatic heterocycles. The minimum Gasteiger partial charge on any atom is -0.497 e. The van der Waals surface area contributed by atoms with Crippen LogP contribution in [0.2, 0.25) is 0 Å². The molecule has 152 valence electrons. The average Bonchev–Trinajstić information content (AvgIpc) is 2.70. The summed E-state index contributed by atoms with van der Waals surface area (Å²) >= 11 is 0. The van der Waals surface area contributed by atoms with Gasteiger partial charge in [-0.1, -0.05) is 13.3 Å². The van der Waals surface area contributed by atoms with Crippen LogP contribution in [0.3, 0.4) is 0 Å². The second kappa shape index (κ2) is 11.7. The number of nitrogens with one attached hydrogen (secondary N) is 2. The minimum absolute atomic E-state index is 0.559. The van der Waals surface area contributed by atoms with Crippen molar-refractivity contribution in [3.05, 3.63) is 23.8 Å². The molecule has 6 heteroatoms. The lowest BCUT2D eigenvalue weighted by Gasteiger charge is -2.29. The molecule has 6 nitrogen and oxygen atoms in total. The monoisotopic (exact) mass is 376 g/mol. The lowest BCUT2D eigenvalue weighted by molar-refractivity contribution is 0.201. The number of hydrogen-bond donors (Lipinski definition) is 2. The first-order valence-corrected chi connectivity index (χ1v) is 10.1. The molecule has 1 unspecified atom stereocenters. The summed E-state index contributed by atoms with van der Waals surface area (Å²) in [5.41, 5.74) is 1.04. The molecule has 1 aliphatic rings. The Morgan fingerprint density at radius 2 is 1.93 bits per heavy atom. The van der Waals surface area contributed by atoms with Crippen LogP contribution < -0.4 is 20.1 Å². The van der Waals surface area contributed by atoms with E-state index >= 15 is 0 Å². The van der Waals surface area contributed by atoms with Gasteiger partial charge >= 0.3 is 0 Å². The molecule has 1 aromatic rings. The quantitative estimate of drug-likeness (QED) is 0.513. The van der Waals surface area contributed by atoms with Gasteiger partial charge in [-0.15, -0.1) is 0 Å². The number of guanidine groups is 1.